The van der Waals surface area contributed by atoms with Crippen molar-refractivity contribution < 1.29 is 19.2 Å². The van der Waals surface area contributed by atoms with Gasteiger partial charge in [0, 0.05) is 17.8 Å². The Kier molecular flexibility index (Phi) is 7.55. The molecular weight excluding hydrogens is 489 g/mol. The molecule has 2 rings (SSSR count). The highest BCUT2D eigenvalue weighted by Gasteiger charge is 2.15. The van der Waals surface area contributed by atoms with Gasteiger partial charge in [0.05, 0.1) is 22.2 Å². The van der Waals surface area contributed by atoms with Crippen molar-refractivity contribution in [2.75, 3.05) is 19.0 Å². The number of nitrogens with one attached hydrogen (secondary N) is 1. The third-order valence-electron chi connectivity index (χ3n) is 3.88. The number of benzene rings is 2. The van der Waals surface area contributed by atoms with E-state index in [0.29, 0.717) is 34.9 Å². The Balaban J connectivity index is 2.33. The summed E-state index contributed by atoms with van der Waals surface area (Å²) in [5.74, 6) is 0.472. The van der Waals surface area contributed by atoms with E-state index < -0.39 is 10.8 Å². The molecule has 0 bridgehead atoms. The second-order valence-electron chi connectivity index (χ2n) is 5.85. The van der Waals surface area contributed by atoms with E-state index in [9.17, 15) is 20.2 Å². The van der Waals surface area contributed by atoms with Crippen molar-refractivity contribution in [3.8, 4) is 17.6 Å². The highest BCUT2D eigenvalue weighted by Crippen LogP contribution is 2.34. The molecule has 1 amide bonds. The first-order valence-corrected chi connectivity index (χ1v) is 9.57. The number of hydrogen-bond donors (Lipinski definition) is 1. The van der Waals surface area contributed by atoms with Gasteiger partial charge >= 0.3 is 0 Å². The van der Waals surface area contributed by atoms with Gasteiger partial charge in [-0.1, -0.05) is 0 Å². The number of nitrogens with zero attached hydrogens (tertiary/aromatic N) is 2. The van der Waals surface area contributed by atoms with Crippen LogP contribution in [-0.4, -0.2) is 24.5 Å². The van der Waals surface area contributed by atoms with Gasteiger partial charge in [0.25, 0.3) is 11.6 Å². The normalized spacial score (nSPS) is 10.8. The standard InChI is InChI=1S/C20H18IN3O5/c1-4-29-18-10-13(9-16(21)19(18)28-3)8-14(11-22)20(25)23-17-6-5-15(24(26)27)7-12(17)2/h5-10H,4H2,1-3H3,(H,23,25). The van der Waals surface area contributed by atoms with Crippen molar-refractivity contribution in [3.05, 3.63) is 60.7 Å². The molecule has 2 aromatic carbocycles. The number of methoxy groups -OCH3 is 1. The van der Waals surface area contributed by atoms with Crippen molar-refractivity contribution >= 4 is 45.9 Å². The molecule has 8 nitrogen and oxygen atoms in total. The van der Waals surface area contributed by atoms with Crippen molar-refractivity contribution in [2.24, 2.45) is 0 Å². The number of aryl methyl sites for hydroxylation is 1. The van der Waals surface area contributed by atoms with Crippen molar-refractivity contribution in [2.45, 2.75) is 13.8 Å². The molecule has 0 spiro atoms. The molecule has 2 aromatic rings. The van der Waals surface area contributed by atoms with Crippen LogP contribution in [0.5, 0.6) is 11.5 Å². The van der Waals surface area contributed by atoms with Crippen molar-refractivity contribution in [1.82, 2.24) is 0 Å². The zero-order valence-corrected chi connectivity index (χ0v) is 18.1. The first kappa shape index (κ1) is 22.2. The number of nitro benzene ring substituents is 1. The highest BCUT2D eigenvalue weighted by molar-refractivity contribution is 14.1. The Morgan fingerprint density at radius 2 is 2.10 bits per heavy atom. The molecule has 0 aliphatic carbocycles. The number of ether oxygens (including phenoxy) is 2. The average Bonchev–Trinajstić information content (AvgIpc) is 2.67. The Morgan fingerprint density at radius 3 is 2.66 bits per heavy atom. The number of rotatable bonds is 7. The summed E-state index contributed by atoms with van der Waals surface area (Å²) in [6.07, 6.45) is 1.44. The third-order valence-corrected chi connectivity index (χ3v) is 4.68. The van der Waals surface area contributed by atoms with Gasteiger partial charge < -0.3 is 14.8 Å². The lowest BCUT2D eigenvalue weighted by Crippen LogP contribution is -2.14. The van der Waals surface area contributed by atoms with Crippen LogP contribution in [0, 0.1) is 31.9 Å². The largest absolute Gasteiger partial charge is 0.492 e. The maximum absolute atomic E-state index is 12.5. The van der Waals surface area contributed by atoms with Gasteiger partial charge in [-0.25, -0.2) is 0 Å². The van der Waals surface area contributed by atoms with Crippen LogP contribution in [0.1, 0.15) is 18.1 Å². The third kappa shape index (κ3) is 5.45. The van der Waals surface area contributed by atoms with E-state index in [1.54, 1.807) is 19.1 Å². The van der Waals surface area contributed by atoms with Gasteiger partial charge in [-0.3, -0.25) is 14.9 Å². The fourth-order valence-corrected chi connectivity index (χ4v) is 3.38. The zero-order valence-electron chi connectivity index (χ0n) is 16.0. The Bertz CT molecular complexity index is 1030. The topological polar surface area (TPSA) is 114 Å². The lowest BCUT2D eigenvalue weighted by molar-refractivity contribution is -0.384. The molecule has 0 heterocycles. The molecular formula is C20H18IN3O5. The monoisotopic (exact) mass is 507 g/mol. The first-order chi connectivity index (χ1) is 13.8. The van der Waals surface area contributed by atoms with Crippen LogP contribution >= 0.6 is 22.6 Å². The number of carbonyl (C=O) groups excluding carboxylic acids is 1. The summed E-state index contributed by atoms with van der Waals surface area (Å²) in [6, 6.07) is 9.42. The van der Waals surface area contributed by atoms with Crippen LogP contribution in [0.2, 0.25) is 0 Å². The van der Waals surface area contributed by atoms with Crippen LogP contribution in [0.25, 0.3) is 6.08 Å². The van der Waals surface area contributed by atoms with E-state index in [-0.39, 0.29) is 11.3 Å². The van der Waals surface area contributed by atoms with Crippen LogP contribution in [0.3, 0.4) is 0 Å². The molecule has 1 N–H and O–H groups in total. The van der Waals surface area contributed by atoms with Gasteiger partial charge in [-0.15, -0.1) is 0 Å². The molecule has 150 valence electrons. The van der Waals surface area contributed by atoms with E-state index in [1.165, 1.54) is 31.4 Å². The number of nitriles is 1. The summed E-state index contributed by atoms with van der Waals surface area (Å²) >= 11 is 2.09. The predicted molar refractivity (Wildman–Crippen MR) is 117 cm³/mol. The lowest BCUT2D eigenvalue weighted by Gasteiger charge is -2.12. The summed E-state index contributed by atoms with van der Waals surface area (Å²) in [7, 11) is 1.54. The van der Waals surface area contributed by atoms with E-state index in [4.69, 9.17) is 9.47 Å². The number of carbonyl (C=O) groups is 1. The molecule has 0 fully saturated rings. The molecule has 0 radical (unpaired) electrons. The molecule has 0 saturated heterocycles. The average molecular weight is 507 g/mol. The summed E-state index contributed by atoms with van der Waals surface area (Å²) in [4.78, 5) is 22.9. The van der Waals surface area contributed by atoms with Gasteiger partial charge in [0.15, 0.2) is 11.5 Å². The summed E-state index contributed by atoms with van der Waals surface area (Å²) in [5, 5.41) is 22.9. The van der Waals surface area contributed by atoms with Crippen molar-refractivity contribution in [3.63, 3.8) is 0 Å². The number of hydrogen-bond acceptors (Lipinski definition) is 6. The highest BCUT2D eigenvalue weighted by atomic mass is 127. The Morgan fingerprint density at radius 1 is 1.38 bits per heavy atom. The Labute approximate surface area is 181 Å². The van der Waals surface area contributed by atoms with E-state index >= 15 is 0 Å². The molecule has 0 aromatic heterocycles. The minimum absolute atomic E-state index is 0.0761. The van der Waals surface area contributed by atoms with Gasteiger partial charge in [-0.2, -0.15) is 5.26 Å². The minimum Gasteiger partial charge on any atom is -0.492 e. The molecule has 29 heavy (non-hydrogen) atoms. The number of anilines is 1. The number of amides is 1. The number of non-ortho nitro benzene ring substituents is 1. The molecule has 0 aliphatic rings. The van der Waals surface area contributed by atoms with Gasteiger partial charge in [0.2, 0.25) is 0 Å². The van der Waals surface area contributed by atoms with Crippen LogP contribution in [-0.2, 0) is 4.79 Å². The number of halogens is 1. The fourth-order valence-electron chi connectivity index (χ4n) is 2.54. The van der Waals surface area contributed by atoms with E-state index in [1.807, 2.05) is 13.0 Å². The van der Waals surface area contributed by atoms with E-state index in [0.717, 1.165) is 3.57 Å². The second-order valence-corrected chi connectivity index (χ2v) is 7.01. The number of nitro groups is 1. The quantitative estimate of drug-likeness (QED) is 0.195. The summed E-state index contributed by atoms with van der Waals surface area (Å²) < 4.78 is 11.7. The molecule has 0 saturated carbocycles. The van der Waals surface area contributed by atoms with Crippen LogP contribution in [0.4, 0.5) is 11.4 Å². The Hall–Kier alpha value is -3.13. The molecule has 0 aliphatic heterocycles. The maximum Gasteiger partial charge on any atom is 0.269 e. The molecule has 0 unspecified atom stereocenters. The van der Waals surface area contributed by atoms with Gasteiger partial charge in [0.1, 0.15) is 11.6 Å². The SMILES string of the molecule is CCOc1cc(C=C(C#N)C(=O)Nc2ccc([N+](=O)[O-])cc2C)cc(I)c1OC. The zero-order chi connectivity index (χ0) is 21.6. The second kappa shape index (κ2) is 9.88. The van der Waals surface area contributed by atoms with Crippen LogP contribution in [0.15, 0.2) is 35.9 Å². The smallest absolute Gasteiger partial charge is 0.269 e. The first-order valence-electron chi connectivity index (χ1n) is 8.49. The maximum atomic E-state index is 12.5. The predicted octanol–water partition coefficient (Wildman–Crippen LogP) is 4.46. The van der Waals surface area contributed by atoms with Crippen molar-refractivity contribution in [1.29, 1.82) is 5.26 Å². The van der Waals surface area contributed by atoms with E-state index in [2.05, 4.69) is 27.9 Å². The lowest BCUT2D eigenvalue weighted by atomic mass is 10.1. The minimum atomic E-state index is -0.617. The van der Waals surface area contributed by atoms with Gasteiger partial charge in [-0.05, 0) is 71.8 Å². The molecule has 0 atom stereocenters. The molecule has 9 heteroatoms. The van der Waals surface area contributed by atoms with Crippen LogP contribution < -0.4 is 14.8 Å². The summed E-state index contributed by atoms with van der Waals surface area (Å²) in [5.41, 5.74) is 1.31. The fraction of sp³-hybridized carbons (Fsp3) is 0.200. The summed E-state index contributed by atoms with van der Waals surface area (Å²) in [6.45, 7) is 3.92.